The number of cyclic esters (lactones) is 1. The van der Waals surface area contributed by atoms with E-state index in [2.05, 4.69) is 20.5 Å². The van der Waals surface area contributed by atoms with Gasteiger partial charge in [0.25, 0.3) is 0 Å². The van der Waals surface area contributed by atoms with Gasteiger partial charge in [-0.1, -0.05) is 19.1 Å². The number of unbranched alkanes of at least 4 members (excludes halogenated alkanes) is 1. The Balaban J connectivity index is 1.61. The fraction of sp³-hybridized carbons (Fsp3) is 0.697. The van der Waals surface area contributed by atoms with Gasteiger partial charge < -0.3 is 19.5 Å². The Morgan fingerprint density at radius 1 is 1.10 bits per heavy atom. The molecule has 14 nitrogen and oxygen atoms in total. The normalized spacial score (nSPS) is 32.2. The molecule has 0 aromatic carbocycles. The van der Waals surface area contributed by atoms with E-state index >= 15 is 0 Å². The number of carbonyl (C=O) groups is 4. The van der Waals surface area contributed by atoms with E-state index in [1.54, 1.807) is 52.9 Å². The highest BCUT2D eigenvalue weighted by Crippen LogP contribution is 2.40. The zero-order valence-corrected chi connectivity index (χ0v) is 29.0. The highest BCUT2D eigenvalue weighted by molar-refractivity contribution is 6.15. The van der Waals surface area contributed by atoms with Crippen LogP contribution in [0.5, 0.6) is 0 Å². The number of Topliss-reactive ketones (excluding diaryl/α,β-unsaturated/α-hetero) is 1. The van der Waals surface area contributed by atoms with Crippen LogP contribution in [-0.2, 0) is 30.4 Å². The summed E-state index contributed by atoms with van der Waals surface area (Å²) in [6.07, 6.45) is 3.38. The topological polar surface area (TPSA) is 170 Å². The van der Waals surface area contributed by atoms with Gasteiger partial charge in [0.1, 0.15) is 29.2 Å². The molecule has 1 N–H and O–H groups in total. The Labute approximate surface area is 283 Å². The van der Waals surface area contributed by atoms with E-state index in [0.29, 0.717) is 43.7 Å². The van der Waals surface area contributed by atoms with Crippen molar-refractivity contribution in [3.8, 4) is 11.4 Å². The number of carbonyl (C=O) groups excluding carboxylic acids is 4. The maximum atomic E-state index is 13.6. The van der Waals surface area contributed by atoms with Crippen molar-refractivity contribution >= 4 is 31.6 Å². The van der Waals surface area contributed by atoms with Crippen LogP contribution in [0.4, 0.5) is 4.79 Å². The number of ketones is 1. The number of fused-ring (bicyclic) bond motifs is 1. The molecule has 2 fully saturated rings. The number of ether oxygens (including phenoxy) is 2. The highest BCUT2D eigenvalue weighted by atomic mass is 16.6. The molecule has 15 heteroatoms. The van der Waals surface area contributed by atoms with Crippen LogP contribution in [0.1, 0.15) is 80.6 Å². The van der Waals surface area contributed by atoms with Gasteiger partial charge in [-0.05, 0) is 77.2 Å². The maximum absolute atomic E-state index is 13.6. The number of hydrogen-bond donors (Lipinski definition) is 1. The summed E-state index contributed by atoms with van der Waals surface area (Å²) < 4.78 is 13.7. The smallest absolute Gasteiger partial charge is 0.410 e. The first kappa shape index (κ1) is 37.0. The minimum Gasteiger partial charge on any atom is -0.458 e. The van der Waals surface area contributed by atoms with Gasteiger partial charge in [0, 0.05) is 39.2 Å². The molecular weight excluding hydrogens is 617 g/mol. The van der Waals surface area contributed by atoms with Crippen molar-refractivity contribution in [1.29, 1.82) is 0 Å². The van der Waals surface area contributed by atoms with Crippen molar-refractivity contribution in [2.75, 3.05) is 13.1 Å². The molecule has 2 aliphatic rings. The summed E-state index contributed by atoms with van der Waals surface area (Å²) >= 11 is 0. The SMILES string of the molecule is [B][C@@H]1CC(=O)[C@@H](C)C(=O)O[C@H](CC)[C@@]2(C)OC(=O)N(CCCCn3cc(-c4cccnn4)nn3)[C@@H]2[C@@H](C)N(C(C)=O)C[C@H](C)C[C@]1(C)O. The standard InChI is InChI=1S/C33H48BN7O7/c1-8-28-33(7)29(40(31(45)48-33)15-10-9-14-39-19-25(37-38-39)24-12-11-13-35-36-24)22(4)41(23(5)42)18-20(2)17-32(6,46)27(34)16-26(43)21(3)30(44)47-28/h11-13,19-22,27-29,46H,8-10,14-18H2,1-7H3/t20-,21-,22-,27-,28-,29-,32+,33-/m1/s1. The zero-order chi connectivity index (χ0) is 35.4. The van der Waals surface area contributed by atoms with Crippen LogP contribution in [0.2, 0.25) is 5.82 Å². The second-order valence-corrected chi connectivity index (χ2v) is 13.8. The number of nitrogens with zero attached hydrogens (tertiary/aromatic N) is 7. The molecule has 0 aliphatic carbocycles. The van der Waals surface area contributed by atoms with Crippen LogP contribution in [0.25, 0.3) is 11.4 Å². The quantitative estimate of drug-likeness (QED) is 0.200. The van der Waals surface area contributed by atoms with E-state index in [1.165, 1.54) is 13.8 Å². The number of aliphatic hydroxyl groups is 1. The molecule has 2 radical (unpaired) electrons. The number of aromatic nitrogens is 5. The lowest BCUT2D eigenvalue weighted by Gasteiger charge is -2.44. The number of esters is 1. The van der Waals surface area contributed by atoms with Gasteiger partial charge in [0.15, 0.2) is 5.60 Å². The first-order chi connectivity index (χ1) is 22.6. The molecule has 0 unspecified atom stereocenters. The monoisotopic (exact) mass is 665 g/mol. The molecule has 0 bridgehead atoms. The molecule has 2 saturated heterocycles. The summed E-state index contributed by atoms with van der Waals surface area (Å²) in [7, 11) is 6.30. The van der Waals surface area contributed by atoms with Crippen LogP contribution in [0, 0.1) is 11.8 Å². The Bertz CT molecular complexity index is 1460. The summed E-state index contributed by atoms with van der Waals surface area (Å²) in [5.74, 6) is -3.73. The average Bonchev–Trinajstić information content (AvgIpc) is 3.61. The third-order valence-electron chi connectivity index (χ3n) is 9.82. The lowest BCUT2D eigenvalue weighted by atomic mass is 9.67. The predicted molar refractivity (Wildman–Crippen MR) is 175 cm³/mol. The fourth-order valence-corrected chi connectivity index (χ4v) is 7.08. The van der Waals surface area contributed by atoms with Crippen LogP contribution in [0.15, 0.2) is 24.5 Å². The molecule has 2 aliphatic heterocycles. The van der Waals surface area contributed by atoms with Gasteiger partial charge in [-0.2, -0.15) is 5.10 Å². The van der Waals surface area contributed by atoms with Gasteiger partial charge >= 0.3 is 12.1 Å². The molecule has 2 amide bonds. The van der Waals surface area contributed by atoms with Crippen molar-refractivity contribution in [2.45, 2.75) is 122 Å². The number of amides is 2. The van der Waals surface area contributed by atoms with E-state index in [-0.39, 0.29) is 31.2 Å². The minimum absolute atomic E-state index is 0.205. The second kappa shape index (κ2) is 15.1. The Hall–Kier alpha value is -3.88. The molecule has 0 saturated carbocycles. The summed E-state index contributed by atoms with van der Waals surface area (Å²) in [4.78, 5) is 56.6. The van der Waals surface area contributed by atoms with Gasteiger partial charge in [-0.25, -0.2) is 4.79 Å². The maximum Gasteiger partial charge on any atom is 0.410 e. The summed E-state index contributed by atoms with van der Waals surface area (Å²) in [6.45, 7) is 12.9. The molecule has 48 heavy (non-hydrogen) atoms. The lowest BCUT2D eigenvalue weighted by molar-refractivity contribution is -0.171. The van der Waals surface area contributed by atoms with Gasteiger partial charge in [-0.15, -0.1) is 10.2 Å². The average molecular weight is 666 g/mol. The van der Waals surface area contributed by atoms with Crippen molar-refractivity contribution in [3.05, 3.63) is 24.5 Å². The predicted octanol–water partition coefficient (Wildman–Crippen LogP) is 3.00. The molecule has 4 heterocycles. The third kappa shape index (κ3) is 8.04. The summed E-state index contributed by atoms with van der Waals surface area (Å²) in [5, 5.41) is 27.6. The molecule has 2 aromatic heterocycles. The summed E-state index contributed by atoms with van der Waals surface area (Å²) in [6, 6.07) is 2.30. The van der Waals surface area contributed by atoms with Crippen LogP contribution in [-0.4, -0.2) is 114 Å². The molecular formula is C33H48BN7O7. The number of aryl methyl sites for hydroxylation is 1. The lowest BCUT2D eigenvalue weighted by Crippen LogP contribution is -2.62. The summed E-state index contributed by atoms with van der Waals surface area (Å²) in [5.41, 5.74) is -1.57. The molecule has 2 aromatic rings. The number of rotatable bonds is 7. The zero-order valence-electron chi connectivity index (χ0n) is 29.0. The van der Waals surface area contributed by atoms with Crippen LogP contribution >= 0.6 is 0 Å². The van der Waals surface area contributed by atoms with Crippen molar-refractivity contribution in [2.24, 2.45) is 11.8 Å². The Morgan fingerprint density at radius 2 is 1.81 bits per heavy atom. The van der Waals surface area contributed by atoms with E-state index in [4.69, 9.17) is 17.3 Å². The van der Waals surface area contributed by atoms with Crippen molar-refractivity contribution in [3.63, 3.8) is 0 Å². The Kier molecular flexibility index (Phi) is 11.6. The van der Waals surface area contributed by atoms with Gasteiger partial charge in [0.05, 0.1) is 31.7 Å². The largest absolute Gasteiger partial charge is 0.458 e. The molecule has 4 rings (SSSR count). The van der Waals surface area contributed by atoms with Gasteiger partial charge in [0.2, 0.25) is 5.91 Å². The fourth-order valence-electron chi connectivity index (χ4n) is 7.08. The second-order valence-electron chi connectivity index (χ2n) is 13.8. The van der Waals surface area contributed by atoms with Gasteiger partial charge in [-0.3, -0.25) is 24.0 Å². The van der Waals surface area contributed by atoms with Crippen molar-refractivity contribution < 1.29 is 33.8 Å². The first-order valence-electron chi connectivity index (χ1n) is 16.7. The Morgan fingerprint density at radius 3 is 2.46 bits per heavy atom. The molecule has 0 spiro atoms. The first-order valence-corrected chi connectivity index (χ1v) is 16.7. The van der Waals surface area contributed by atoms with E-state index < -0.39 is 59.0 Å². The molecule has 8 atom stereocenters. The van der Waals surface area contributed by atoms with E-state index in [9.17, 15) is 24.3 Å². The minimum atomic E-state index is -1.44. The van der Waals surface area contributed by atoms with Crippen LogP contribution < -0.4 is 0 Å². The molecule has 260 valence electrons. The third-order valence-corrected chi connectivity index (χ3v) is 9.82. The van der Waals surface area contributed by atoms with E-state index in [0.717, 1.165) is 0 Å². The van der Waals surface area contributed by atoms with Crippen LogP contribution in [0.3, 0.4) is 0 Å². The number of hydrogen-bond acceptors (Lipinski definition) is 11. The van der Waals surface area contributed by atoms with E-state index in [1.807, 2.05) is 20.8 Å². The highest BCUT2D eigenvalue weighted by Gasteiger charge is 2.59. The van der Waals surface area contributed by atoms with Crippen molar-refractivity contribution in [1.82, 2.24) is 35.0 Å².